The minimum Gasteiger partial charge on any atom is -0.352 e. The molecule has 3 heteroatoms. The van der Waals surface area contributed by atoms with Crippen LogP contribution in [0.1, 0.15) is 40.5 Å². The first kappa shape index (κ1) is 11.0. The van der Waals surface area contributed by atoms with E-state index in [9.17, 15) is 4.79 Å². The third-order valence-electron chi connectivity index (χ3n) is 3.00. The van der Waals surface area contributed by atoms with Crippen LogP contribution in [0.25, 0.3) is 0 Å². The first-order valence-corrected chi connectivity index (χ1v) is 5.59. The Bertz CT molecular complexity index is 221. The average molecular weight is 248 g/mol. The fraction of sp³-hybridized carbons (Fsp3) is 0.900. The van der Waals surface area contributed by atoms with Crippen molar-refractivity contribution < 1.29 is 4.79 Å². The molecule has 76 valence electrons. The lowest BCUT2D eigenvalue weighted by atomic mass is 10.1. The molecule has 2 unspecified atom stereocenters. The summed E-state index contributed by atoms with van der Waals surface area (Å²) in [7, 11) is 0. The molecule has 1 aliphatic rings. The van der Waals surface area contributed by atoms with Crippen molar-refractivity contribution in [2.45, 2.75) is 50.9 Å². The lowest BCUT2D eigenvalue weighted by Gasteiger charge is -2.17. The van der Waals surface area contributed by atoms with Crippen LogP contribution in [0.4, 0.5) is 0 Å². The third kappa shape index (κ3) is 2.46. The van der Waals surface area contributed by atoms with E-state index in [0.717, 1.165) is 12.8 Å². The lowest BCUT2D eigenvalue weighted by molar-refractivity contribution is -0.122. The number of rotatable bonds is 3. The van der Waals surface area contributed by atoms with Gasteiger partial charge in [0, 0.05) is 6.04 Å². The molecule has 0 spiro atoms. The zero-order valence-electron chi connectivity index (χ0n) is 8.78. The molecule has 0 radical (unpaired) electrons. The van der Waals surface area contributed by atoms with E-state index in [-0.39, 0.29) is 5.91 Å². The van der Waals surface area contributed by atoms with Gasteiger partial charge in [-0.05, 0) is 32.1 Å². The van der Waals surface area contributed by atoms with Crippen LogP contribution in [-0.2, 0) is 4.79 Å². The Morgan fingerprint density at radius 2 is 2.23 bits per heavy atom. The molecule has 0 aromatic heterocycles. The number of nitrogens with one attached hydrogen (secondary N) is 1. The van der Waals surface area contributed by atoms with Crippen LogP contribution < -0.4 is 5.32 Å². The van der Waals surface area contributed by atoms with Crippen molar-refractivity contribution in [1.82, 2.24) is 5.32 Å². The Morgan fingerprint density at radius 3 is 2.54 bits per heavy atom. The Labute approximate surface area is 88.6 Å². The van der Waals surface area contributed by atoms with Gasteiger partial charge in [0.1, 0.15) is 0 Å². The van der Waals surface area contributed by atoms with Gasteiger partial charge in [-0.3, -0.25) is 4.79 Å². The van der Waals surface area contributed by atoms with Crippen LogP contribution >= 0.6 is 15.9 Å². The van der Waals surface area contributed by atoms with Crippen LogP contribution in [-0.4, -0.2) is 16.3 Å². The SMILES string of the molecule is CCC1(C)CC1NC(=O)C(C)(C)Br. The molecular formula is C10H18BrNO. The summed E-state index contributed by atoms with van der Waals surface area (Å²) in [4.78, 5) is 11.6. The number of alkyl halides is 1. The Hall–Kier alpha value is -0.0500. The Morgan fingerprint density at radius 1 is 1.69 bits per heavy atom. The fourth-order valence-electron chi connectivity index (χ4n) is 1.35. The molecule has 1 rings (SSSR count). The van der Waals surface area contributed by atoms with Crippen molar-refractivity contribution in [3.63, 3.8) is 0 Å². The molecule has 1 saturated carbocycles. The summed E-state index contributed by atoms with van der Waals surface area (Å²) in [5.41, 5.74) is 0.355. The van der Waals surface area contributed by atoms with Gasteiger partial charge < -0.3 is 5.32 Å². The quantitative estimate of drug-likeness (QED) is 0.764. The van der Waals surface area contributed by atoms with Gasteiger partial charge in [-0.15, -0.1) is 0 Å². The number of hydrogen-bond acceptors (Lipinski definition) is 1. The third-order valence-corrected chi connectivity index (χ3v) is 3.36. The highest BCUT2D eigenvalue weighted by Crippen LogP contribution is 2.48. The van der Waals surface area contributed by atoms with Crippen molar-refractivity contribution in [3.05, 3.63) is 0 Å². The van der Waals surface area contributed by atoms with Crippen LogP contribution in [0.5, 0.6) is 0 Å². The molecule has 0 saturated heterocycles. The van der Waals surface area contributed by atoms with Gasteiger partial charge in [-0.2, -0.15) is 0 Å². The van der Waals surface area contributed by atoms with Gasteiger partial charge in [0.25, 0.3) is 0 Å². The largest absolute Gasteiger partial charge is 0.352 e. The summed E-state index contributed by atoms with van der Waals surface area (Å²) in [5, 5.41) is 3.05. The molecule has 2 nitrogen and oxygen atoms in total. The highest BCUT2D eigenvalue weighted by atomic mass is 79.9. The highest BCUT2D eigenvalue weighted by molar-refractivity contribution is 9.10. The maximum atomic E-state index is 11.6. The monoisotopic (exact) mass is 247 g/mol. The first-order chi connectivity index (χ1) is 5.79. The molecule has 1 amide bonds. The van der Waals surface area contributed by atoms with E-state index >= 15 is 0 Å². The number of halogens is 1. The average Bonchev–Trinajstić information content (AvgIpc) is 2.61. The molecule has 0 bridgehead atoms. The molecule has 2 atom stereocenters. The topological polar surface area (TPSA) is 29.1 Å². The zero-order chi connectivity index (χ0) is 10.3. The summed E-state index contributed by atoms with van der Waals surface area (Å²) in [6.45, 7) is 8.13. The summed E-state index contributed by atoms with van der Waals surface area (Å²) in [5.74, 6) is 0.0923. The van der Waals surface area contributed by atoms with E-state index in [1.165, 1.54) is 0 Å². The smallest absolute Gasteiger partial charge is 0.236 e. The fourth-order valence-corrected chi connectivity index (χ4v) is 1.47. The van der Waals surface area contributed by atoms with E-state index in [1.54, 1.807) is 0 Å². The Balaban J connectivity index is 2.41. The molecule has 0 aliphatic heterocycles. The summed E-state index contributed by atoms with van der Waals surface area (Å²) < 4.78 is -0.440. The number of amides is 1. The van der Waals surface area contributed by atoms with Crippen LogP contribution in [0.15, 0.2) is 0 Å². The van der Waals surface area contributed by atoms with Gasteiger partial charge >= 0.3 is 0 Å². The molecule has 13 heavy (non-hydrogen) atoms. The van der Waals surface area contributed by atoms with Crippen LogP contribution in [0.2, 0.25) is 0 Å². The van der Waals surface area contributed by atoms with Crippen LogP contribution in [0, 0.1) is 5.41 Å². The Kier molecular flexibility index (Phi) is 2.77. The van der Waals surface area contributed by atoms with E-state index < -0.39 is 4.32 Å². The van der Waals surface area contributed by atoms with Gasteiger partial charge in [0.15, 0.2) is 0 Å². The zero-order valence-corrected chi connectivity index (χ0v) is 10.4. The normalized spacial score (nSPS) is 32.8. The van der Waals surface area contributed by atoms with Crippen molar-refractivity contribution in [3.8, 4) is 0 Å². The molecule has 0 aromatic rings. The predicted octanol–water partition coefficient (Wildman–Crippen LogP) is 2.46. The van der Waals surface area contributed by atoms with Crippen molar-refractivity contribution in [1.29, 1.82) is 0 Å². The molecule has 0 aromatic carbocycles. The van der Waals surface area contributed by atoms with E-state index in [2.05, 4.69) is 35.1 Å². The van der Waals surface area contributed by atoms with Crippen LogP contribution in [0.3, 0.4) is 0 Å². The van der Waals surface area contributed by atoms with Gasteiger partial charge in [0.05, 0.1) is 4.32 Å². The first-order valence-electron chi connectivity index (χ1n) is 4.79. The maximum absolute atomic E-state index is 11.6. The summed E-state index contributed by atoms with van der Waals surface area (Å²) >= 11 is 3.35. The molecule has 1 fully saturated rings. The second-order valence-electron chi connectivity index (χ2n) is 4.71. The molecule has 1 aliphatic carbocycles. The van der Waals surface area contributed by atoms with E-state index in [4.69, 9.17) is 0 Å². The minimum atomic E-state index is -0.440. The van der Waals surface area contributed by atoms with Gasteiger partial charge in [-0.25, -0.2) is 0 Å². The summed E-state index contributed by atoms with van der Waals surface area (Å²) in [6, 6.07) is 0.391. The van der Waals surface area contributed by atoms with Gasteiger partial charge in [-0.1, -0.05) is 29.8 Å². The molecule has 0 heterocycles. The standard InChI is InChI=1S/C10H18BrNO/c1-5-10(4)6-7(10)12-8(13)9(2,3)11/h7H,5-6H2,1-4H3,(H,12,13). The number of carbonyl (C=O) groups excluding carboxylic acids is 1. The minimum absolute atomic E-state index is 0.0923. The highest BCUT2D eigenvalue weighted by Gasteiger charge is 2.50. The van der Waals surface area contributed by atoms with Crippen molar-refractivity contribution in [2.75, 3.05) is 0 Å². The summed E-state index contributed by atoms with van der Waals surface area (Å²) in [6.07, 6.45) is 2.26. The molecule has 1 N–H and O–H groups in total. The maximum Gasteiger partial charge on any atom is 0.236 e. The molecular weight excluding hydrogens is 230 g/mol. The number of carbonyl (C=O) groups is 1. The predicted molar refractivity (Wildman–Crippen MR) is 58.0 cm³/mol. The number of hydrogen-bond donors (Lipinski definition) is 1. The van der Waals surface area contributed by atoms with Gasteiger partial charge in [0.2, 0.25) is 5.91 Å². The van der Waals surface area contributed by atoms with Crippen molar-refractivity contribution in [2.24, 2.45) is 5.41 Å². The van der Waals surface area contributed by atoms with Crippen molar-refractivity contribution >= 4 is 21.8 Å². The second-order valence-corrected chi connectivity index (χ2v) is 6.69. The second kappa shape index (κ2) is 3.26. The van der Waals surface area contributed by atoms with E-state index in [1.807, 2.05) is 13.8 Å². The lowest BCUT2D eigenvalue weighted by Crippen LogP contribution is -2.40. The van der Waals surface area contributed by atoms with E-state index in [0.29, 0.717) is 11.5 Å².